The number of hydrogen-bond acceptors (Lipinski definition) is 2. The summed E-state index contributed by atoms with van der Waals surface area (Å²) in [6.45, 7) is 3.83. The second-order valence-electron chi connectivity index (χ2n) is 3.73. The molecule has 0 unspecified atom stereocenters. The van der Waals surface area contributed by atoms with E-state index in [0.717, 1.165) is 12.3 Å². The molecule has 0 amide bonds. The molecule has 0 aromatic heterocycles. The summed E-state index contributed by atoms with van der Waals surface area (Å²) in [5.74, 6) is 0.770. The van der Waals surface area contributed by atoms with Gasteiger partial charge in [0, 0.05) is 12.6 Å². The summed E-state index contributed by atoms with van der Waals surface area (Å²) in [6.07, 6.45) is 3.52. The smallest absolute Gasteiger partial charge is 0.0433 e. The van der Waals surface area contributed by atoms with Gasteiger partial charge in [0.1, 0.15) is 0 Å². The van der Waals surface area contributed by atoms with E-state index in [4.69, 9.17) is 5.11 Å². The fraction of sp³-hybridized carbons (Fsp3) is 1.00. The van der Waals surface area contributed by atoms with E-state index in [2.05, 4.69) is 18.9 Å². The van der Waals surface area contributed by atoms with Crippen molar-refractivity contribution in [2.45, 2.75) is 32.2 Å². The third-order valence-corrected chi connectivity index (χ3v) is 2.85. The number of rotatable bonds is 2. The summed E-state index contributed by atoms with van der Waals surface area (Å²) in [4.78, 5) is 2.40. The highest BCUT2D eigenvalue weighted by molar-refractivity contribution is 4.76. The molecule has 1 aliphatic rings. The van der Waals surface area contributed by atoms with E-state index in [9.17, 15) is 0 Å². The van der Waals surface area contributed by atoms with Crippen LogP contribution in [-0.4, -0.2) is 36.2 Å². The Labute approximate surface area is 69.2 Å². The lowest BCUT2D eigenvalue weighted by atomic mass is 9.90. The van der Waals surface area contributed by atoms with E-state index in [0.29, 0.717) is 12.6 Å². The van der Waals surface area contributed by atoms with Gasteiger partial charge in [-0.25, -0.2) is 0 Å². The largest absolute Gasteiger partial charge is 0.396 e. The molecule has 2 heteroatoms. The quantitative estimate of drug-likeness (QED) is 0.649. The van der Waals surface area contributed by atoms with Gasteiger partial charge in [-0.1, -0.05) is 0 Å². The Hall–Kier alpha value is -0.0800. The number of likely N-dealkylation sites (tertiary alicyclic amines) is 1. The monoisotopic (exact) mass is 157 g/mol. The molecule has 11 heavy (non-hydrogen) atoms. The van der Waals surface area contributed by atoms with Crippen molar-refractivity contribution in [3.8, 4) is 0 Å². The lowest BCUT2D eigenvalue weighted by molar-refractivity contribution is 0.133. The van der Waals surface area contributed by atoms with Gasteiger partial charge in [0.05, 0.1) is 0 Å². The van der Waals surface area contributed by atoms with Crippen LogP contribution in [0.2, 0.25) is 0 Å². The van der Waals surface area contributed by atoms with Crippen LogP contribution in [0.15, 0.2) is 0 Å². The summed E-state index contributed by atoms with van der Waals surface area (Å²) < 4.78 is 0. The van der Waals surface area contributed by atoms with Crippen LogP contribution in [0.25, 0.3) is 0 Å². The maximum absolute atomic E-state index is 8.76. The molecular formula is C9H19NO. The Bertz CT molecular complexity index is 116. The minimum Gasteiger partial charge on any atom is -0.396 e. The van der Waals surface area contributed by atoms with E-state index in [1.807, 2.05) is 0 Å². The molecule has 1 N–H and O–H groups in total. The topological polar surface area (TPSA) is 23.5 Å². The van der Waals surface area contributed by atoms with E-state index in [-0.39, 0.29) is 0 Å². The minimum absolute atomic E-state index is 0.362. The van der Waals surface area contributed by atoms with Crippen LogP contribution in [0.3, 0.4) is 0 Å². The van der Waals surface area contributed by atoms with Gasteiger partial charge in [0.15, 0.2) is 0 Å². The average molecular weight is 157 g/mol. The third-order valence-electron chi connectivity index (χ3n) is 2.85. The Morgan fingerprint density at radius 3 is 2.82 bits per heavy atom. The van der Waals surface area contributed by atoms with Crippen molar-refractivity contribution in [2.24, 2.45) is 5.92 Å². The highest BCUT2D eigenvalue weighted by atomic mass is 16.3. The highest BCUT2D eigenvalue weighted by Crippen LogP contribution is 2.23. The Balaban J connectivity index is 2.28. The third kappa shape index (κ3) is 2.46. The number of aliphatic hydroxyl groups is 1. The predicted molar refractivity (Wildman–Crippen MR) is 46.5 cm³/mol. The standard InChI is InChI=1S/C9H19NO/c1-8-7-9(4-6-11)3-5-10(8)2/h8-9,11H,3-7H2,1-2H3/t8-,9+/m0/s1. The molecule has 1 rings (SSSR count). The normalized spacial score (nSPS) is 34.1. The predicted octanol–water partition coefficient (Wildman–Crippen LogP) is 1.10. The second kappa shape index (κ2) is 4.07. The first-order valence-electron chi connectivity index (χ1n) is 4.55. The van der Waals surface area contributed by atoms with Crippen LogP contribution in [0.5, 0.6) is 0 Å². The highest BCUT2D eigenvalue weighted by Gasteiger charge is 2.21. The van der Waals surface area contributed by atoms with Gasteiger partial charge in [-0.15, -0.1) is 0 Å². The van der Waals surface area contributed by atoms with Gasteiger partial charge in [0.2, 0.25) is 0 Å². The number of hydrogen-bond donors (Lipinski definition) is 1. The van der Waals surface area contributed by atoms with E-state index < -0.39 is 0 Å². The molecular weight excluding hydrogens is 138 g/mol. The van der Waals surface area contributed by atoms with E-state index in [1.54, 1.807) is 0 Å². The molecule has 2 nitrogen and oxygen atoms in total. The van der Waals surface area contributed by atoms with Crippen molar-refractivity contribution in [2.75, 3.05) is 20.2 Å². The number of nitrogens with zero attached hydrogens (tertiary/aromatic N) is 1. The van der Waals surface area contributed by atoms with Gasteiger partial charge in [-0.3, -0.25) is 0 Å². The molecule has 1 aliphatic heterocycles. The minimum atomic E-state index is 0.362. The molecule has 1 saturated heterocycles. The zero-order valence-electron chi connectivity index (χ0n) is 7.58. The van der Waals surface area contributed by atoms with Crippen molar-refractivity contribution < 1.29 is 5.11 Å². The van der Waals surface area contributed by atoms with Crippen LogP contribution >= 0.6 is 0 Å². The Kier molecular flexibility index (Phi) is 3.34. The number of aliphatic hydroxyl groups excluding tert-OH is 1. The summed E-state index contributed by atoms with van der Waals surface area (Å²) >= 11 is 0. The van der Waals surface area contributed by atoms with Crippen molar-refractivity contribution in [3.05, 3.63) is 0 Å². The summed E-state index contributed by atoms with van der Waals surface area (Å²) in [6, 6.07) is 0.709. The van der Waals surface area contributed by atoms with Crippen LogP contribution in [0, 0.1) is 5.92 Å². The Morgan fingerprint density at radius 1 is 1.55 bits per heavy atom. The average Bonchev–Trinajstić information content (AvgIpc) is 1.98. The first-order valence-corrected chi connectivity index (χ1v) is 4.55. The van der Waals surface area contributed by atoms with Crippen LogP contribution in [0.1, 0.15) is 26.2 Å². The lowest BCUT2D eigenvalue weighted by Crippen LogP contribution is -2.37. The van der Waals surface area contributed by atoms with Crippen LogP contribution in [-0.2, 0) is 0 Å². The van der Waals surface area contributed by atoms with Gasteiger partial charge < -0.3 is 10.0 Å². The number of piperidine rings is 1. The summed E-state index contributed by atoms with van der Waals surface area (Å²) in [7, 11) is 2.18. The zero-order valence-corrected chi connectivity index (χ0v) is 7.58. The zero-order chi connectivity index (χ0) is 8.27. The maximum atomic E-state index is 8.76. The fourth-order valence-corrected chi connectivity index (χ4v) is 1.83. The van der Waals surface area contributed by atoms with Gasteiger partial charge in [-0.2, -0.15) is 0 Å². The molecule has 1 heterocycles. The first-order chi connectivity index (χ1) is 5.24. The van der Waals surface area contributed by atoms with E-state index >= 15 is 0 Å². The van der Waals surface area contributed by atoms with Crippen molar-refractivity contribution in [3.63, 3.8) is 0 Å². The maximum Gasteiger partial charge on any atom is 0.0433 e. The van der Waals surface area contributed by atoms with Crippen molar-refractivity contribution >= 4 is 0 Å². The fourth-order valence-electron chi connectivity index (χ4n) is 1.83. The van der Waals surface area contributed by atoms with Crippen LogP contribution in [0.4, 0.5) is 0 Å². The molecule has 0 aromatic carbocycles. The Morgan fingerprint density at radius 2 is 2.27 bits per heavy atom. The molecule has 66 valence electrons. The molecule has 0 radical (unpaired) electrons. The molecule has 0 spiro atoms. The molecule has 0 bridgehead atoms. The summed E-state index contributed by atoms with van der Waals surface area (Å²) in [5, 5.41) is 8.76. The molecule has 2 atom stereocenters. The molecule has 1 fully saturated rings. The summed E-state index contributed by atoms with van der Waals surface area (Å²) in [5.41, 5.74) is 0. The molecule has 0 aromatic rings. The van der Waals surface area contributed by atoms with Gasteiger partial charge in [-0.05, 0) is 45.7 Å². The molecule has 0 aliphatic carbocycles. The van der Waals surface area contributed by atoms with Crippen molar-refractivity contribution in [1.82, 2.24) is 4.90 Å². The van der Waals surface area contributed by atoms with Crippen molar-refractivity contribution in [1.29, 1.82) is 0 Å². The van der Waals surface area contributed by atoms with Gasteiger partial charge >= 0.3 is 0 Å². The SMILES string of the molecule is C[C@H]1C[C@@H](CCO)CCN1C. The van der Waals surface area contributed by atoms with E-state index in [1.165, 1.54) is 19.4 Å². The lowest BCUT2D eigenvalue weighted by Gasteiger charge is -2.34. The second-order valence-corrected chi connectivity index (χ2v) is 3.73. The first kappa shape index (κ1) is 9.01. The molecule has 0 saturated carbocycles. The van der Waals surface area contributed by atoms with Gasteiger partial charge in [0.25, 0.3) is 0 Å². The van der Waals surface area contributed by atoms with Crippen LogP contribution < -0.4 is 0 Å².